The first kappa shape index (κ1) is 11.7. The molecule has 0 unspecified atom stereocenters. The summed E-state index contributed by atoms with van der Waals surface area (Å²) in [4.78, 5) is 10.7. The van der Waals surface area contributed by atoms with Crippen LogP contribution in [0.2, 0.25) is 0 Å². The van der Waals surface area contributed by atoms with Crippen molar-refractivity contribution < 1.29 is 9.53 Å². The zero-order valence-electron chi connectivity index (χ0n) is 7.38. The number of hydrogen-bond acceptors (Lipinski definition) is 2. The van der Waals surface area contributed by atoms with Gasteiger partial charge in [-0.15, -0.1) is 0 Å². The summed E-state index contributed by atoms with van der Waals surface area (Å²) in [5.74, 6) is -0.112. The van der Waals surface area contributed by atoms with Crippen LogP contribution in [-0.2, 0) is 9.53 Å². The number of hydrogen-bond donors (Lipinski definition) is 0. The van der Waals surface area contributed by atoms with Crippen molar-refractivity contribution in [2.24, 2.45) is 0 Å². The Kier molecular flexibility index (Phi) is 8.56. The van der Waals surface area contributed by atoms with Crippen LogP contribution in [0, 0.1) is 0 Å². The van der Waals surface area contributed by atoms with Crippen LogP contribution in [0.4, 0.5) is 0 Å². The van der Waals surface area contributed by atoms with Crippen LogP contribution >= 0.6 is 15.9 Å². The predicted octanol–water partition coefficient (Wildman–Crippen LogP) is 2.67. The largest absolute Gasteiger partial charge is 0.469 e. The number of unbranched alkanes of at least 4 members (excludes halogenated alkanes) is 2. The molecule has 0 rings (SSSR count). The second-order valence-electron chi connectivity index (χ2n) is 2.45. The van der Waals surface area contributed by atoms with Gasteiger partial charge in [0.15, 0.2) is 0 Å². The van der Waals surface area contributed by atoms with Crippen molar-refractivity contribution in [1.29, 1.82) is 0 Å². The normalized spacial score (nSPS) is 10.5. The molecule has 0 fully saturated rings. The van der Waals surface area contributed by atoms with Crippen LogP contribution in [0.5, 0.6) is 0 Å². The van der Waals surface area contributed by atoms with Crippen LogP contribution in [0.3, 0.4) is 0 Å². The fourth-order valence-corrected chi connectivity index (χ4v) is 1.08. The van der Waals surface area contributed by atoms with Crippen LogP contribution in [0.15, 0.2) is 12.2 Å². The highest BCUT2D eigenvalue weighted by Gasteiger charge is 1.97. The number of carbonyl (C=O) groups is 1. The molecule has 0 aromatic rings. The molecule has 0 amide bonds. The average Bonchev–Trinajstić information content (AvgIpc) is 2.10. The minimum Gasteiger partial charge on any atom is -0.469 e. The predicted molar refractivity (Wildman–Crippen MR) is 53.4 cm³/mol. The lowest BCUT2D eigenvalue weighted by Gasteiger charge is -1.96. The zero-order valence-corrected chi connectivity index (χ0v) is 8.97. The smallest absolute Gasteiger partial charge is 0.305 e. The van der Waals surface area contributed by atoms with Crippen molar-refractivity contribution in [3.8, 4) is 0 Å². The van der Waals surface area contributed by atoms with E-state index in [9.17, 15) is 4.79 Å². The summed E-state index contributed by atoms with van der Waals surface area (Å²) in [5.41, 5.74) is 0. The Bertz CT molecular complexity index is 143. The van der Waals surface area contributed by atoms with Crippen molar-refractivity contribution in [1.82, 2.24) is 0 Å². The molecule has 12 heavy (non-hydrogen) atoms. The Morgan fingerprint density at radius 1 is 1.42 bits per heavy atom. The minimum absolute atomic E-state index is 0.112. The highest BCUT2D eigenvalue weighted by atomic mass is 79.9. The molecule has 0 N–H and O–H groups in total. The number of carbonyl (C=O) groups excluding carboxylic acids is 1. The third-order valence-corrected chi connectivity index (χ3v) is 1.86. The van der Waals surface area contributed by atoms with Gasteiger partial charge in [-0.2, -0.15) is 0 Å². The van der Waals surface area contributed by atoms with E-state index >= 15 is 0 Å². The van der Waals surface area contributed by atoms with Crippen molar-refractivity contribution in [3.05, 3.63) is 12.2 Å². The molecule has 0 aliphatic heterocycles. The lowest BCUT2D eigenvalue weighted by atomic mass is 10.2. The third-order valence-electron chi connectivity index (χ3n) is 1.49. The summed E-state index contributed by atoms with van der Waals surface area (Å²) in [7, 11) is 1.42. The van der Waals surface area contributed by atoms with E-state index in [4.69, 9.17) is 0 Å². The molecule has 0 aliphatic rings. The van der Waals surface area contributed by atoms with E-state index in [0.717, 1.165) is 24.6 Å². The SMILES string of the molecule is COC(=O)CCCC/C=C/CBr. The number of allylic oxidation sites excluding steroid dienone is 2. The summed E-state index contributed by atoms with van der Waals surface area (Å²) < 4.78 is 4.51. The maximum atomic E-state index is 10.7. The first-order valence-electron chi connectivity index (χ1n) is 4.09. The van der Waals surface area contributed by atoms with Crippen LogP contribution in [0.25, 0.3) is 0 Å². The Morgan fingerprint density at radius 2 is 2.17 bits per heavy atom. The summed E-state index contributed by atoms with van der Waals surface area (Å²) in [6.45, 7) is 0. The fourth-order valence-electron chi connectivity index (χ4n) is 0.814. The van der Waals surface area contributed by atoms with Gasteiger partial charge >= 0.3 is 5.97 Å². The molecule has 2 nitrogen and oxygen atoms in total. The zero-order chi connectivity index (χ0) is 9.23. The summed E-state index contributed by atoms with van der Waals surface area (Å²) in [6.07, 6.45) is 7.74. The van der Waals surface area contributed by atoms with E-state index in [1.807, 2.05) is 0 Å². The van der Waals surface area contributed by atoms with Gasteiger partial charge in [0.05, 0.1) is 7.11 Å². The van der Waals surface area contributed by atoms with E-state index in [-0.39, 0.29) is 5.97 Å². The van der Waals surface area contributed by atoms with Gasteiger partial charge in [0.25, 0.3) is 0 Å². The molecule has 0 aromatic carbocycles. The van der Waals surface area contributed by atoms with E-state index < -0.39 is 0 Å². The van der Waals surface area contributed by atoms with Crippen molar-refractivity contribution in [3.63, 3.8) is 0 Å². The molecule has 0 saturated heterocycles. The first-order chi connectivity index (χ1) is 5.81. The first-order valence-corrected chi connectivity index (χ1v) is 5.21. The van der Waals surface area contributed by atoms with Crippen molar-refractivity contribution in [2.75, 3.05) is 12.4 Å². The second-order valence-corrected chi connectivity index (χ2v) is 3.10. The van der Waals surface area contributed by atoms with Gasteiger partial charge in [-0.05, 0) is 19.3 Å². The van der Waals surface area contributed by atoms with Crippen molar-refractivity contribution >= 4 is 21.9 Å². The molecular weight excluding hydrogens is 220 g/mol. The van der Waals surface area contributed by atoms with E-state index in [2.05, 4.69) is 32.8 Å². The van der Waals surface area contributed by atoms with Crippen LogP contribution in [0.1, 0.15) is 25.7 Å². The Morgan fingerprint density at radius 3 is 2.75 bits per heavy atom. The fraction of sp³-hybridized carbons (Fsp3) is 0.667. The maximum Gasteiger partial charge on any atom is 0.305 e. The molecule has 0 saturated carbocycles. The van der Waals surface area contributed by atoms with E-state index in [1.54, 1.807) is 0 Å². The molecule has 0 aliphatic carbocycles. The molecule has 0 heterocycles. The number of methoxy groups -OCH3 is 1. The lowest BCUT2D eigenvalue weighted by molar-refractivity contribution is -0.140. The summed E-state index contributed by atoms with van der Waals surface area (Å²) in [6, 6.07) is 0. The van der Waals surface area contributed by atoms with Gasteiger partial charge in [-0.1, -0.05) is 28.1 Å². The Hall–Kier alpha value is -0.310. The number of ether oxygens (including phenoxy) is 1. The van der Waals surface area contributed by atoms with Gasteiger partial charge < -0.3 is 4.74 Å². The lowest BCUT2D eigenvalue weighted by Crippen LogP contribution is -1.98. The summed E-state index contributed by atoms with van der Waals surface area (Å²) in [5, 5.41) is 0.907. The van der Waals surface area contributed by atoms with Gasteiger partial charge in [-0.3, -0.25) is 4.79 Å². The number of rotatable bonds is 6. The maximum absolute atomic E-state index is 10.7. The molecule has 0 aromatic heterocycles. The second kappa shape index (κ2) is 8.78. The molecule has 3 heteroatoms. The third kappa shape index (κ3) is 7.79. The van der Waals surface area contributed by atoms with Gasteiger partial charge in [0.1, 0.15) is 0 Å². The number of halogens is 1. The highest BCUT2D eigenvalue weighted by molar-refractivity contribution is 9.09. The standard InChI is InChI=1S/C9H15BrO2/c1-12-9(11)7-5-3-2-4-6-8-10/h4,6H,2-3,5,7-8H2,1H3/b6-4+. The van der Waals surface area contributed by atoms with E-state index in [0.29, 0.717) is 6.42 Å². The van der Waals surface area contributed by atoms with Crippen molar-refractivity contribution in [2.45, 2.75) is 25.7 Å². The average molecular weight is 235 g/mol. The van der Waals surface area contributed by atoms with Gasteiger partial charge in [-0.25, -0.2) is 0 Å². The monoisotopic (exact) mass is 234 g/mol. The van der Waals surface area contributed by atoms with Gasteiger partial charge in [0, 0.05) is 11.8 Å². The van der Waals surface area contributed by atoms with E-state index in [1.165, 1.54) is 7.11 Å². The van der Waals surface area contributed by atoms with Gasteiger partial charge in [0.2, 0.25) is 0 Å². The molecular formula is C9H15BrO2. The Labute approximate surface area is 82.1 Å². The number of alkyl halides is 1. The topological polar surface area (TPSA) is 26.3 Å². The highest BCUT2D eigenvalue weighted by Crippen LogP contribution is 2.01. The minimum atomic E-state index is -0.112. The molecule has 0 bridgehead atoms. The quantitative estimate of drug-likeness (QED) is 0.306. The molecule has 70 valence electrons. The Balaban J connectivity index is 3.10. The number of esters is 1. The molecule has 0 spiro atoms. The summed E-state index contributed by atoms with van der Waals surface area (Å²) >= 11 is 3.29. The van der Waals surface area contributed by atoms with Crippen LogP contribution < -0.4 is 0 Å². The van der Waals surface area contributed by atoms with Crippen LogP contribution in [-0.4, -0.2) is 18.4 Å². The molecule has 0 atom stereocenters. The molecule has 0 radical (unpaired) electrons.